The first-order chi connectivity index (χ1) is 13.7. The zero-order chi connectivity index (χ0) is 19.8. The second-order valence-corrected chi connectivity index (χ2v) is 7.74. The molecule has 8 heteroatoms. The van der Waals surface area contributed by atoms with E-state index >= 15 is 0 Å². The number of nitrogens with zero attached hydrogens (tertiary/aromatic N) is 2. The van der Waals surface area contributed by atoms with Crippen molar-refractivity contribution < 1.29 is 14.3 Å². The molecule has 0 aliphatic heterocycles. The minimum atomic E-state index is -0.236. The first-order valence-corrected chi connectivity index (χ1v) is 10.9. The highest BCUT2D eigenvalue weighted by atomic mass is 32.2. The predicted molar refractivity (Wildman–Crippen MR) is 112 cm³/mol. The number of aromatic nitrogens is 2. The second-order valence-electron chi connectivity index (χ2n) is 5.92. The van der Waals surface area contributed by atoms with E-state index in [9.17, 15) is 9.59 Å². The molecule has 2 aromatic heterocycles. The number of ether oxygens (including phenoxy) is 1. The number of hydrogen-bond acceptors (Lipinski definition) is 7. The van der Waals surface area contributed by atoms with Gasteiger partial charge in [-0.05, 0) is 18.9 Å². The van der Waals surface area contributed by atoms with E-state index in [0.29, 0.717) is 26.0 Å². The van der Waals surface area contributed by atoms with Gasteiger partial charge in [-0.3, -0.25) is 9.59 Å². The molecular weight excluding hydrogens is 394 g/mol. The molecule has 0 atom stereocenters. The summed E-state index contributed by atoms with van der Waals surface area (Å²) in [6, 6.07) is 10.1. The summed E-state index contributed by atoms with van der Waals surface area (Å²) in [5.74, 6) is -0.0622. The van der Waals surface area contributed by atoms with Crippen LogP contribution in [-0.4, -0.2) is 40.7 Å². The van der Waals surface area contributed by atoms with Gasteiger partial charge in [0.25, 0.3) is 0 Å². The van der Waals surface area contributed by atoms with E-state index in [2.05, 4.69) is 32.8 Å². The summed E-state index contributed by atoms with van der Waals surface area (Å²) in [7, 11) is 0. The number of thioether (sulfide) groups is 1. The van der Waals surface area contributed by atoms with E-state index in [0.717, 1.165) is 26.4 Å². The average Bonchev–Trinajstić information content (AvgIpc) is 3.15. The highest BCUT2D eigenvalue weighted by molar-refractivity contribution is 8.00. The Balaban J connectivity index is 1.59. The molecule has 3 aromatic rings. The molecule has 0 aliphatic carbocycles. The second kappa shape index (κ2) is 10.2. The van der Waals surface area contributed by atoms with Crippen molar-refractivity contribution in [3.05, 3.63) is 42.0 Å². The minimum Gasteiger partial charge on any atom is -0.466 e. The monoisotopic (exact) mass is 415 g/mol. The summed E-state index contributed by atoms with van der Waals surface area (Å²) in [6.45, 7) is 2.60. The molecule has 146 valence electrons. The molecule has 0 unspecified atom stereocenters. The summed E-state index contributed by atoms with van der Waals surface area (Å²) >= 11 is 2.97. The fourth-order valence-corrected chi connectivity index (χ4v) is 4.49. The molecular formula is C20H21N3O3S2. The number of nitrogens with one attached hydrogen (secondary N) is 1. The number of rotatable bonds is 9. The van der Waals surface area contributed by atoms with Crippen LogP contribution >= 0.6 is 23.1 Å². The van der Waals surface area contributed by atoms with Gasteiger partial charge in [-0.2, -0.15) is 0 Å². The Hall–Kier alpha value is -2.45. The molecule has 28 heavy (non-hydrogen) atoms. The summed E-state index contributed by atoms with van der Waals surface area (Å²) in [4.78, 5) is 33.1. The van der Waals surface area contributed by atoms with Crippen molar-refractivity contribution >= 4 is 45.2 Å². The van der Waals surface area contributed by atoms with Crippen LogP contribution in [0.25, 0.3) is 21.3 Å². The van der Waals surface area contributed by atoms with Gasteiger partial charge < -0.3 is 10.1 Å². The maximum atomic E-state index is 12.1. The largest absolute Gasteiger partial charge is 0.466 e. The van der Waals surface area contributed by atoms with Crippen LogP contribution in [0.4, 0.5) is 0 Å². The lowest BCUT2D eigenvalue weighted by atomic mass is 10.1. The zero-order valence-electron chi connectivity index (χ0n) is 15.5. The summed E-state index contributed by atoms with van der Waals surface area (Å²) in [5.41, 5.74) is 2.19. The maximum Gasteiger partial charge on any atom is 0.305 e. The molecule has 0 saturated heterocycles. The van der Waals surface area contributed by atoms with Crippen molar-refractivity contribution in [2.75, 3.05) is 18.9 Å². The molecule has 3 rings (SSSR count). The normalized spacial score (nSPS) is 10.8. The Labute approximate surface area is 171 Å². The van der Waals surface area contributed by atoms with Gasteiger partial charge in [0.2, 0.25) is 5.91 Å². The Morgan fingerprint density at radius 3 is 2.82 bits per heavy atom. The molecule has 1 aromatic carbocycles. The zero-order valence-corrected chi connectivity index (χ0v) is 17.1. The lowest BCUT2D eigenvalue weighted by molar-refractivity contribution is -0.143. The number of benzene rings is 1. The van der Waals surface area contributed by atoms with Crippen LogP contribution in [0.1, 0.15) is 19.8 Å². The molecule has 1 amide bonds. The minimum absolute atomic E-state index is 0.0860. The van der Waals surface area contributed by atoms with Crippen molar-refractivity contribution in [1.29, 1.82) is 0 Å². The van der Waals surface area contributed by atoms with Gasteiger partial charge in [0, 0.05) is 23.9 Å². The van der Waals surface area contributed by atoms with Crippen LogP contribution in [0, 0.1) is 0 Å². The molecule has 6 nitrogen and oxygen atoms in total. The molecule has 0 radical (unpaired) electrons. The van der Waals surface area contributed by atoms with E-state index in [1.807, 2.05) is 18.2 Å². The molecule has 2 heterocycles. The molecule has 0 aliphatic rings. The Morgan fingerprint density at radius 2 is 2.04 bits per heavy atom. The van der Waals surface area contributed by atoms with Crippen molar-refractivity contribution in [2.45, 2.75) is 24.8 Å². The smallest absolute Gasteiger partial charge is 0.305 e. The number of thiophene rings is 1. The van der Waals surface area contributed by atoms with Crippen molar-refractivity contribution in [1.82, 2.24) is 15.3 Å². The Morgan fingerprint density at radius 1 is 1.21 bits per heavy atom. The van der Waals surface area contributed by atoms with Crippen LogP contribution in [-0.2, 0) is 14.3 Å². The van der Waals surface area contributed by atoms with Crippen molar-refractivity contribution in [3.8, 4) is 11.1 Å². The lowest BCUT2D eigenvalue weighted by Gasteiger charge is -2.07. The summed E-state index contributed by atoms with van der Waals surface area (Å²) < 4.78 is 4.87. The van der Waals surface area contributed by atoms with Gasteiger partial charge in [-0.1, -0.05) is 42.1 Å². The number of fused-ring (bicyclic) bond motifs is 1. The van der Waals surface area contributed by atoms with Gasteiger partial charge >= 0.3 is 5.97 Å². The molecule has 0 saturated carbocycles. The van der Waals surface area contributed by atoms with E-state index in [1.54, 1.807) is 18.3 Å². The quantitative estimate of drug-likeness (QED) is 0.247. The molecule has 0 bridgehead atoms. The first kappa shape index (κ1) is 20.3. The number of carbonyl (C=O) groups excluding carboxylic acids is 2. The molecule has 0 fully saturated rings. The third kappa shape index (κ3) is 5.30. The van der Waals surface area contributed by atoms with Crippen LogP contribution in [0.15, 0.2) is 47.1 Å². The standard InChI is InChI=1S/C20H21N3O3S2/c1-2-26-17(25)9-6-10-21-16(24)12-28-20-18-15(14-7-4-3-5-8-14)11-27-19(18)22-13-23-20/h3-5,7-8,11,13H,2,6,9-10,12H2,1H3,(H,21,24). The first-order valence-electron chi connectivity index (χ1n) is 9.01. The highest BCUT2D eigenvalue weighted by Crippen LogP contribution is 2.37. The van der Waals surface area contributed by atoms with Crippen LogP contribution < -0.4 is 5.32 Å². The molecule has 1 N–H and O–H groups in total. The molecule has 0 spiro atoms. The predicted octanol–water partition coefficient (Wildman–Crippen LogP) is 3.91. The summed E-state index contributed by atoms with van der Waals surface area (Å²) in [5, 5.41) is 6.69. The lowest BCUT2D eigenvalue weighted by Crippen LogP contribution is -2.26. The maximum absolute atomic E-state index is 12.1. The van der Waals surface area contributed by atoms with Gasteiger partial charge in [0.15, 0.2) is 0 Å². The van der Waals surface area contributed by atoms with Gasteiger partial charge in [0.05, 0.1) is 17.7 Å². The van der Waals surface area contributed by atoms with E-state index in [-0.39, 0.29) is 17.6 Å². The van der Waals surface area contributed by atoms with E-state index in [4.69, 9.17) is 4.74 Å². The van der Waals surface area contributed by atoms with Gasteiger partial charge in [-0.25, -0.2) is 9.97 Å². The average molecular weight is 416 g/mol. The van der Waals surface area contributed by atoms with Crippen molar-refractivity contribution in [3.63, 3.8) is 0 Å². The van der Waals surface area contributed by atoms with Crippen LogP contribution in [0.5, 0.6) is 0 Å². The van der Waals surface area contributed by atoms with Gasteiger partial charge in [0.1, 0.15) is 16.2 Å². The third-order valence-electron chi connectivity index (χ3n) is 3.95. The topological polar surface area (TPSA) is 81.2 Å². The number of hydrogen-bond donors (Lipinski definition) is 1. The number of carbonyl (C=O) groups is 2. The van der Waals surface area contributed by atoms with Crippen LogP contribution in [0.2, 0.25) is 0 Å². The van der Waals surface area contributed by atoms with E-state index < -0.39 is 0 Å². The fraction of sp³-hybridized carbons (Fsp3) is 0.300. The highest BCUT2D eigenvalue weighted by Gasteiger charge is 2.14. The SMILES string of the molecule is CCOC(=O)CCCNC(=O)CSc1ncnc2scc(-c3ccccc3)c12. The Kier molecular flexibility index (Phi) is 7.39. The van der Waals surface area contributed by atoms with Crippen molar-refractivity contribution in [2.24, 2.45) is 0 Å². The third-order valence-corrected chi connectivity index (χ3v) is 5.82. The van der Waals surface area contributed by atoms with E-state index in [1.165, 1.54) is 18.1 Å². The summed E-state index contributed by atoms with van der Waals surface area (Å²) in [6.07, 6.45) is 2.41. The number of esters is 1. The fourth-order valence-electron chi connectivity index (χ4n) is 2.67. The number of amides is 1. The Bertz CT molecular complexity index is 944. The van der Waals surface area contributed by atoms with Crippen LogP contribution in [0.3, 0.4) is 0 Å². The van der Waals surface area contributed by atoms with Gasteiger partial charge in [-0.15, -0.1) is 11.3 Å².